The Hall–Kier alpha value is -1.42. The number of aryl methyl sites for hydroxylation is 1. The molecule has 4 heteroatoms. The minimum Gasteiger partial charge on any atom is -0.354 e. The zero-order chi connectivity index (χ0) is 13.0. The van der Waals surface area contributed by atoms with Crippen LogP contribution in [0.1, 0.15) is 24.8 Å². The maximum atomic E-state index is 11.8. The predicted octanol–water partition coefficient (Wildman–Crippen LogP) is 1.22. The highest BCUT2D eigenvalue weighted by atomic mass is 16.1. The Labute approximate surface area is 108 Å². The summed E-state index contributed by atoms with van der Waals surface area (Å²) in [6, 6.07) is 3.91. The van der Waals surface area contributed by atoms with Gasteiger partial charge in [0.15, 0.2) is 0 Å². The van der Waals surface area contributed by atoms with Gasteiger partial charge in [-0.3, -0.25) is 9.78 Å². The Morgan fingerprint density at radius 2 is 2.06 bits per heavy atom. The van der Waals surface area contributed by atoms with E-state index in [4.69, 9.17) is 0 Å². The molecule has 0 aliphatic heterocycles. The van der Waals surface area contributed by atoms with Crippen molar-refractivity contribution in [1.82, 2.24) is 15.2 Å². The Morgan fingerprint density at radius 3 is 2.61 bits per heavy atom. The van der Waals surface area contributed by atoms with Gasteiger partial charge < -0.3 is 10.2 Å². The molecule has 1 aromatic rings. The fourth-order valence-corrected chi connectivity index (χ4v) is 2.09. The fraction of sp³-hybridized carbons (Fsp3) is 0.571. The molecule has 1 fully saturated rings. The number of aromatic nitrogens is 1. The first-order chi connectivity index (χ1) is 8.62. The lowest BCUT2D eigenvalue weighted by Crippen LogP contribution is -2.42. The zero-order valence-corrected chi connectivity index (χ0v) is 11.1. The highest BCUT2D eigenvalue weighted by molar-refractivity contribution is 5.76. The zero-order valence-electron chi connectivity index (χ0n) is 11.1. The summed E-state index contributed by atoms with van der Waals surface area (Å²) >= 11 is 0. The molecule has 18 heavy (non-hydrogen) atoms. The molecule has 2 rings (SSSR count). The second-order valence-electron chi connectivity index (χ2n) is 5.25. The van der Waals surface area contributed by atoms with Crippen LogP contribution < -0.4 is 5.32 Å². The summed E-state index contributed by atoms with van der Waals surface area (Å²) in [6.07, 6.45) is 7.23. The van der Waals surface area contributed by atoms with Gasteiger partial charge in [-0.2, -0.15) is 0 Å². The van der Waals surface area contributed by atoms with Crippen LogP contribution in [0.15, 0.2) is 24.5 Å². The summed E-state index contributed by atoms with van der Waals surface area (Å²) < 4.78 is 0. The largest absolute Gasteiger partial charge is 0.354 e. The standard InChI is InChI=1S/C14H21N3O/c1-17(2)14(7-8-14)11-16-13(18)4-3-12-5-9-15-10-6-12/h5-6,9-10H,3-4,7-8,11H2,1-2H3,(H,16,18). The summed E-state index contributed by atoms with van der Waals surface area (Å²) in [5.74, 6) is 0.139. The average molecular weight is 247 g/mol. The first-order valence-electron chi connectivity index (χ1n) is 6.45. The molecule has 4 nitrogen and oxygen atoms in total. The van der Waals surface area contributed by atoms with Crippen LogP contribution in [0.3, 0.4) is 0 Å². The van der Waals surface area contributed by atoms with E-state index in [-0.39, 0.29) is 11.4 Å². The number of carbonyl (C=O) groups excluding carboxylic acids is 1. The number of nitrogens with zero attached hydrogens (tertiary/aromatic N) is 2. The van der Waals surface area contributed by atoms with Crippen LogP contribution in [0.2, 0.25) is 0 Å². The lowest BCUT2D eigenvalue weighted by Gasteiger charge is -2.23. The van der Waals surface area contributed by atoms with E-state index >= 15 is 0 Å². The summed E-state index contributed by atoms with van der Waals surface area (Å²) in [4.78, 5) is 17.9. The van der Waals surface area contributed by atoms with E-state index in [0.717, 1.165) is 18.5 Å². The molecule has 1 heterocycles. The van der Waals surface area contributed by atoms with E-state index in [0.29, 0.717) is 6.42 Å². The van der Waals surface area contributed by atoms with Crippen LogP contribution >= 0.6 is 0 Å². The Bertz CT molecular complexity index is 399. The van der Waals surface area contributed by atoms with Crippen molar-refractivity contribution < 1.29 is 4.79 Å². The van der Waals surface area contributed by atoms with Gasteiger partial charge in [0.05, 0.1) is 0 Å². The minimum absolute atomic E-state index is 0.139. The molecule has 1 aliphatic carbocycles. The van der Waals surface area contributed by atoms with Gasteiger partial charge in [-0.15, -0.1) is 0 Å². The van der Waals surface area contributed by atoms with E-state index in [1.54, 1.807) is 12.4 Å². The molecule has 0 spiro atoms. The molecule has 0 bridgehead atoms. The normalized spacial score (nSPS) is 16.6. The molecule has 1 amide bonds. The fourth-order valence-electron chi connectivity index (χ4n) is 2.09. The van der Waals surface area contributed by atoms with Crippen molar-refractivity contribution in [3.05, 3.63) is 30.1 Å². The van der Waals surface area contributed by atoms with Crippen molar-refractivity contribution in [3.63, 3.8) is 0 Å². The Kier molecular flexibility index (Phi) is 3.97. The van der Waals surface area contributed by atoms with Crippen molar-refractivity contribution >= 4 is 5.91 Å². The Morgan fingerprint density at radius 1 is 1.39 bits per heavy atom. The molecule has 0 unspecified atom stereocenters. The maximum absolute atomic E-state index is 11.8. The third-order valence-electron chi connectivity index (χ3n) is 3.78. The van der Waals surface area contributed by atoms with E-state index in [1.165, 1.54) is 12.8 Å². The molecule has 1 aliphatic rings. The average Bonchev–Trinajstić information content (AvgIpc) is 3.16. The van der Waals surface area contributed by atoms with Crippen LogP contribution in [0, 0.1) is 0 Å². The van der Waals surface area contributed by atoms with Gasteiger partial charge in [0.1, 0.15) is 0 Å². The summed E-state index contributed by atoms with van der Waals surface area (Å²) in [5.41, 5.74) is 1.39. The lowest BCUT2D eigenvalue weighted by molar-refractivity contribution is -0.121. The summed E-state index contributed by atoms with van der Waals surface area (Å²) in [6.45, 7) is 0.773. The van der Waals surface area contributed by atoms with Crippen LogP contribution in [-0.4, -0.2) is 42.0 Å². The van der Waals surface area contributed by atoms with Gasteiger partial charge in [-0.25, -0.2) is 0 Å². The van der Waals surface area contributed by atoms with Gasteiger partial charge in [-0.05, 0) is 51.1 Å². The van der Waals surface area contributed by atoms with Gasteiger partial charge >= 0.3 is 0 Å². The van der Waals surface area contributed by atoms with Crippen LogP contribution in [-0.2, 0) is 11.2 Å². The minimum atomic E-state index is 0.139. The van der Waals surface area contributed by atoms with E-state index < -0.39 is 0 Å². The molecule has 1 saturated carbocycles. The third kappa shape index (κ3) is 3.29. The number of pyridine rings is 1. The summed E-state index contributed by atoms with van der Waals surface area (Å²) in [7, 11) is 4.16. The van der Waals surface area contributed by atoms with Gasteiger partial charge in [0.25, 0.3) is 0 Å². The first kappa shape index (κ1) is 13.0. The van der Waals surface area contributed by atoms with E-state index in [2.05, 4.69) is 29.3 Å². The molecular formula is C14H21N3O. The molecule has 1 N–H and O–H groups in total. The molecular weight excluding hydrogens is 226 g/mol. The van der Waals surface area contributed by atoms with Crippen LogP contribution in [0.4, 0.5) is 0 Å². The monoisotopic (exact) mass is 247 g/mol. The van der Waals surface area contributed by atoms with E-state index in [1.807, 2.05) is 12.1 Å². The number of likely N-dealkylation sites (N-methyl/N-ethyl adjacent to an activating group) is 1. The number of hydrogen-bond donors (Lipinski definition) is 1. The van der Waals surface area contributed by atoms with Crippen molar-refractivity contribution in [1.29, 1.82) is 0 Å². The van der Waals surface area contributed by atoms with Crippen LogP contribution in [0.5, 0.6) is 0 Å². The van der Waals surface area contributed by atoms with Gasteiger partial charge in [-0.1, -0.05) is 0 Å². The highest BCUT2D eigenvalue weighted by Gasteiger charge is 2.44. The number of hydrogen-bond acceptors (Lipinski definition) is 3. The van der Waals surface area contributed by atoms with E-state index in [9.17, 15) is 4.79 Å². The highest BCUT2D eigenvalue weighted by Crippen LogP contribution is 2.39. The lowest BCUT2D eigenvalue weighted by atomic mass is 10.1. The van der Waals surface area contributed by atoms with Crippen molar-refractivity contribution in [2.24, 2.45) is 0 Å². The smallest absolute Gasteiger partial charge is 0.220 e. The molecule has 1 aromatic heterocycles. The predicted molar refractivity (Wildman–Crippen MR) is 71.2 cm³/mol. The maximum Gasteiger partial charge on any atom is 0.220 e. The molecule has 0 atom stereocenters. The molecule has 0 aromatic carbocycles. The van der Waals surface area contributed by atoms with Crippen molar-refractivity contribution in [3.8, 4) is 0 Å². The number of amides is 1. The second kappa shape index (κ2) is 5.48. The first-order valence-corrected chi connectivity index (χ1v) is 6.45. The topological polar surface area (TPSA) is 45.2 Å². The Balaban J connectivity index is 1.70. The number of rotatable bonds is 6. The number of carbonyl (C=O) groups is 1. The van der Waals surface area contributed by atoms with Gasteiger partial charge in [0, 0.05) is 30.9 Å². The van der Waals surface area contributed by atoms with Gasteiger partial charge in [0.2, 0.25) is 5.91 Å². The quantitative estimate of drug-likeness (QED) is 0.822. The molecule has 0 radical (unpaired) electrons. The molecule has 98 valence electrons. The second-order valence-corrected chi connectivity index (χ2v) is 5.25. The van der Waals surface area contributed by atoms with Crippen molar-refractivity contribution in [2.45, 2.75) is 31.2 Å². The SMILES string of the molecule is CN(C)C1(CNC(=O)CCc2ccncc2)CC1. The molecule has 0 saturated heterocycles. The summed E-state index contributed by atoms with van der Waals surface area (Å²) in [5, 5.41) is 3.04. The third-order valence-corrected chi connectivity index (χ3v) is 3.78. The number of nitrogens with one attached hydrogen (secondary N) is 1. The van der Waals surface area contributed by atoms with Crippen LogP contribution in [0.25, 0.3) is 0 Å². The van der Waals surface area contributed by atoms with Crippen molar-refractivity contribution in [2.75, 3.05) is 20.6 Å².